The number of oxime groups is 1. The number of fused-ring (bicyclic) bond motifs is 1. The number of anilines is 1. The molecule has 0 radical (unpaired) electrons. The van der Waals surface area contributed by atoms with Gasteiger partial charge in [0.1, 0.15) is 17.8 Å². The molecule has 3 rings (SSSR count). The Bertz CT molecular complexity index is 604. The van der Waals surface area contributed by atoms with E-state index in [1.807, 2.05) is 9.47 Å². The second-order valence-electron chi connectivity index (χ2n) is 4.11. The van der Waals surface area contributed by atoms with Gasteiger partial charge in [0, 0.05) is 13.1 Å². The summed E-state index contributed by atoms with van der Waals surface area (Å²) in [6.45, 7) is 2.26. The molecule has 19 heavy (non-hydrogen) atoms. The molecule has 0 saturated heterocycles. The summed E-state index contributed by atoms with van der Waals surface area (Å²) in [6.07, 6.45) is 4.79. The van der Waals surface area contributed by atoms with E-state index >= 15 is 0 Å². The Balaban J connectivity index is 1.81. The van der Waals surface area contributed by atoms with Crippen LogP contribution in [-0.2, 0) is 13.1 Å². The summed E-state index contributed by atoms with van der Waals surface area (Å²) in [7, 11) is 0. The summed E-state index contributed by atoms with van der Waals surface area (Å²) in [5, 5.41) is 19.4. The first kappa shape index (κ1) is 11.4. The lowest BCUT2D eigenvalue weighted by Crippen LogP contribution is -2.34. The molecule has 3 heterocycles. The van der Waals surface area contributed by atoms with E-state index < -0.39 is 0 Å². The van der Waals surface area contributed by atoms with E-state index in [1.165, 1.54) is 6.20 Å². The van der Waals surface area contributed by atoms with E-state index in [4.69, 9.17) is 10.9 Å². The van der Waals surface area contributed by atoms with Gasteiger partial charge in [-0.2, -0.15) is 0 Å². The molecule has 0 saturated carbocycles. The highest BCUT2D eigenvalue weighted by atomic mass is 16.4. The lowest BCUT2D eigenvalue weighted by Gasteiger charge is -2.27. The van der Waals surface area contributed by atoms with E-state index in [0.29, 0.717) is 12.2 Å². The Labute approximate surface area is 108 Å². The Morgan fingerprint density at radius 1 is 1.32 bits per heavy atom. The van der Waals surface area contributed by atoms with Gasteiger partial charge in [0.05, 0.1) is 18.9 Å². The fourth-order valence-electron chi connectivity index (χ4n) is 1.93. The first-order valence-electron chi connectivity index (χ1n) is 5.69. The Hall–Kier alpha value is -2.71. The second kappa shape index (κ2) is 4.52. The fourth-order valence-corrected chi connectivity index (χ4v) is 1.93. The normalized spacial score (nSPS) is 15.4. The van der Waals surface area contributed by atoms with Gasteiger partial charge in [-0.25, -0.2) is 9.97 Å². The molecule has 0 unspecified atom stereocenters. The molecule has 0 amide bonds. The number of aromatic nitrogens is 5. The second-order valence-corrected chi connectivity index (χ2v) is 4.11. The van der Waals surface area contributed by atoms with E-state index in [1.54, 1.807) is 12.5 Å². The number of rotatable bonds is 2. The summed E-state index contributed by atoms with van der Waals surface area (Å²) >= 11 is 0. The Kier molecular flexibility index (Phi) is 2.71. The van der Waals surface area contributed by atoms with Gasteiger partial charge in [0.2, 0.25) is 0 Å². The topological polar surface area (TPSA) is 118 Å². The molecule has 0 aromatic carbocycles. The molecule has 9 nitrogen and oxygen atoms in total. The Morgan fingerprint density at radius 3 is 2.95 bits per heavy atom. The molecular weight excluding hydrogens is 248 g/mol. The van der Waals surface area contributed by atoms with Crippen molar-refractivity contribution in [3.63, 3.8) is 0 Å². The standard InChI is InChI=1S/C10H12N8O/c11-10(16-19)7-3-13-8(4-12-7)17-1-2-18-6-14-15-9(18)5-17/h3-4,6,19H,1-2,5H2,(H2,11,16). The average Bonchev–Trinajstić information content (AvgIpc) is 2.94. The average molecular weight is 260 g/mol. The van der Waals surface area contributed by atoms with Gasteiger partial charge in [-0.3, -0.25) is 0 Å². The first-order chi connectivity index (χ1) is 9.28. The number of hydrogen-bond donors (Lipinski definition) is 2. The van der Waals surface area contributed by atoms with Crippen LogP contribution < -0.4 is 10.6 Å². The highest BCUT2D eigenvalue weighted by Crippen LogP contribution is 2.16. The van der Waals surface area contributed by atoms with Crippen LogP contribution in [-0.4, -0.2) is 42.3 Å². The van der Waals surface area contributed by atoms with Gasteiger partial charge in [-0.1, -0.05) is 5.16 Å². The fraction of sp³-hybridized carbons (Fsp3) is 0.300. The number of hydrogen-bond acceptors (Lipinski definition) is 7. The molecule has 98 valence electrons. The molecule has 0 bridgehead atoms. The van der Waals surface area contributed by atoms with Crippen LogP contribution in [0.5, 0.6) is 0 Å². The van der Waals surface area contributed by atoms with Crippen LogP contribution in [0.3, 0.4) is 0 Å². The van der Waals surface area contributed by atoms with Crippen molar-refractivity contribution in [3.05, 3.63) is 30.2 Å². The van der Waals surface area contributed by atoms with Crippen molar-refractivity contribution in [3.8, 4) is 0 Å². The third kappa shape index (κ3) is 2.05. The molecule has 1 aliphatic heterocycles. The quantitative estimate of drug-likeness (QED) is 0.313. The summed E-state index contributed by atoms with van der Waals surface area (Å²) < 4.78 is 2.01. The van der Waals surface area contributed by atoms with E-state index in [9.17, 15) is 0 Å². The molecule has 2 aromatic rings. The first-order valence-corrected chi connectivity index (χ1v) is 5.69. The minimum Gasteiger partial charge on any atom is -0.409 e. The van der Waals surface area contributed by atoms with Crippen molar-refractivity contribution in [1.82, 2.24) is 24.7 Å². The molecule has 0 atom stereocenters. The van der Waals surface area contributed by atoms with Crippen molar-refractivity contribution in [2.24, 2.45) is 10.9 Å². The zero-order chi connectivity index (χ0) is 13.2. The van der Waals surface area contributed by atoms with Gasteiger partial charge >= 0.3 is 0 Å². The smallest absolute Gasteiger partial charge is 0.190 e. The summed E-state index contributed by atoms with van der Waals surface area (Å²) in [6, 6.07) is 0. The summed E-state index contributed by atoms with van der Waals surface area (Å²) in [5.74, 6) is 1.56. The zero-order valence-electron chi connectivity index (χ0n) is 10.0. The van der Waals surface area contributed by atoms with Crippen LogP contribution in [0, 0.1) is 0 Å². The van der Waals surface area contributed by atoms with Gasteiger partial charge in [-0.15, -0.1) is 10.2 Å². The van der Waals surface area contributed by atoms with Gasteiger partial charge in [0.15, 0.2) is 11.7 Å². The molecule has 0 aliphatic carbocycles. The summed E-state index contributed by atoms with van der Waals surface area (Å²) in [5.41, 5.74) is 5.77. The third-order valence-corrected chi connectivity index (χ3v) is 2.97. The van der Waals surface area contributed by atoms with Crippen LogP contribution in [0.25, 0.3) is 0 Å². The number of amidine groups is 1. The third-order valence-electron chi connectivity index (χ3n) is 2.97. The van der Waals surface area contributed by atoms with E-state index in [0.717, 1.165) is 24.7 Å². The molecule has 2 aromatic heterocycles. The molecule has 0 fully saturated rings. The van der Waals surface area contributed by atoms with Crippen LogP contribution in [0.15, 0.2) is 23.9 Å². The van der Waals surface area contributed by atoms with Gasteiger partial charge < -0.3 is 20.4 Å². The van der Waals surface area contributed by atoms with Crippen LogP contribution in [0.4, 0.5) is 5.82 Å². The maximum Gasteiger partial charge on any atom is 0.190 e. The van der Waals surface area contributed by atoms with Crippen molar-refractivity contribution in [1.29, 1.82) is 0 Å². The Morgan fingerprint density at radius 2 is 2.21 bits per heavy atom. The highest BCUT2D eigenvalue weighted by molar-refractivity contribution is 5.94. The van der Waals surface area contributed by atoms with Crippen molar-refractivity contribution >= 4 is 11.7 Å². The molecule has 1 aliphatic rings. The maximum atomic E-state index is 8.56. The molecule has 0 spiro atoms. The summed E-state index contributed by atoms with van der Waals surface area (Å²) in [4.78, 5) is 10.4. The van der Waals surface area contributed by atoms with Crippen LogP contribution in [0.2, 0.25) is 0 Å². The maximum absolute atomic E-state index is 8.56. The predicted octanol–water partition coefficient (Wildman–Crippen LogP) is -0.817. The number of nitrogens with zero attached hydrogens (tertiary/aromatic N) is 7. The zero-order valence-corrected chi connectivity index (χ0v) is 10.0. The lowest BCUT2D eigenvalue weighted by atomic mass is 10.3. The molecule has 9 heteroatoms. The van der Waals surface area contributed by atoms with Crippen LogP contribution in [0.1, 0.15) is 11.5 Å². The van der Waals surface area contributed by atoms with Crippen molar-refractivity contribution in [2.75, 3.05) is 11.4 Å². The van der Waals surface area contributed by atoms with Crippen LogP contribution >= 0.6 is 0 Å². The molecular formula is C10H12N8O. The van der Waals surface area contributed by atoms with Gasteiger partial charge in [-0.05, 0) is 0 Å². The molecule has 3 N–H and O–H groups in total. The highest BCUT2D eigenvalue weighted by Gasteiger charge is 2.18. The van der Waals surface area contributed by atoms with Gasteiger partial charge in [0.25, 0.3) is 0 Å². The van der Waals surface area contributed by atoms with E-state index in [-0.39, 0.29) is 5.84 Å². The minimum atomic E-state index is -0.0579. The van der Waals surface area contributed by atoms with Crippen molar-refractivity contribution < 1.29 is 5.21 Å². The monoisotopic (exact) mass is 260 g/mol. The SMILES string of the molecule is NC(=NO)c1cnc(N2CCn3cnnc3C2)cn1. The van der Waals surface area contributed by atoms with E-state index in [2.05, 4.69) is 25.3 Å². The number of nitrogens with two attached hydrogens (primary N) is 1. The van der Waals surface area contributed by atoms with Crippen molar-refractivity contribution in [2.45, 2.75) is 13.1 Å². The largest absolute Gasteiger partial charge is 0.409 e. The lowest BCUT2D eigenvalue weighted by molar-refractivity contribution is 0.318. The minimum absolute atomic E-state index is 0.0579. The predicted molar refractivity (Wildman–Crippen MR) is 65.6 cm³/mol.